The smallest absolute Gasteiger partial charge is 0.276 e. The summed E-state index contributed by atoms with van der Waals surface area (Å²) in [6, 6.07) is 6.70. The Labute approximate surface area is 112 Å². The average molecular weight is 259 g/mol. The van der Waals surface area contributed by atoms with Gasteiger partial charge >= 0.3 is 0 Å². The number of aromatic nitrogens is 2. The van der Waals surface area contributed by atoms with Gasteiger partial charge in [0.1, 0.15) is 11.4 Å². The number of hydrogen-bond acceptors (Lipinski definition) is 3. The van der Waals surface area contributed by atoms with Gasteiger partial charge < -0.3 is 10.0 Å². The third kappa shape index (κ3) is 2.45. The van der Waals surface area contributed by atoms with E-state index in [9.17, 15) is 9.90 Å². The van der Waals surface area contributed by atoms with Crippen LogP contribution in [-0.2, 0) is 7.05 Å². The zero-order valence-corrected chi connectivity index (χ0v) is 11.3. The topological polar surface area (TPSA) is 58.4 Å². The molecule has 100 valence electrons. The molecule has 2 aromatic rings. The van der Waals surface area contributed by atoms with E-state index in [0.29, 0.717) is 17.9 Å². The molecule has 0 aliphatic rings. The second kappa shape index (κ2) is 5.14. The Bertz CT molecular complexity index is 604. The highest BCUT2D eigenvalue weighted by atomic mass is 16.3. The molecule has 0 radical (unpaired) electrons. The third-order valence-corrected chi connectivity index (χ3v) is 3.08. The molecule has 0 aliphatic carbocycles. The van der Waals surface area contributed by atoms with Crippen molar-refractivity contribution in [3.63, 3.8) is 0 Å². The molecule has 2 rings (SSSR count). The number of aromatic hydroxyl groups is 1. The van der Waals surface area contributed by atoms with E-state index in [2.05, 4.69) is 5.10 Å². The predicted octanol–water partition coefficient (Wildman–Crippen LogP) is 2.10. The van der Waals surface area contributed by atoms with E-state index in [0.717, 1.165) is 5.56 Å². The van der Waals surface area contributed by atoms with Crippen molar-refractivity contribution in [2.45, 2.75) is 13.8 Å². The maximum atomic E-state index is 12.5. The van der Waals surface area contributed by atoms with E-state index in [1.807, 2.05) is 13.8 Å². The maximum absolute atomic E-state index is 12.5. The normalized spacial score (nSPS) is 10.5. The lowest BCUT2D eigenvalue weighted by atomic mass is 10.1. The first kappa shape index (κ1) is 13.1. The minimum Gasteiger partial charge on any atom is -0.508 e. The maximum Gasteiger partial charge on any atom is 0.276 e. The molecule has 1 amide bonds. The van der Waals surface area contributed by atoms with E-state index >= 15 is 0 Å². The molecule has 0 unspecified atom stereocenters. The molecule has 0 spiro atoms. The van der Waals surface area contributed by atoms with Crippen molar-refractivity contribution < 1.29 is 9.90 Å². The van der Waals surface area contributed by atoms with Crippen LogP contribution in [0.25, 0.3) is 0 Å². The van der Waals surface area contributed by atoms with Gasteiger partial charge in [-0.3, -0.25) is 9.48 Å². The SMILES string of the molecule is CCN(C(=O)c1ccnn1C)c1cc(O)ccc1C. The summed E-state index contributed by atoms with van der Waals surface area (Å²) in [7, 11) is 1.73. The third-order valence-electron chi connectivity index (χ3n) is 3.08. The molecule has 5 heteroatoms. The molecule has 0 bridgehead atoms. The van der Waals surface area contributed by atoms with E-state index in [-0.39, 0.29) is 11.7 Å². The molecule has 0 aliphatic heterocycles. The quantitative estimate of drug-likeness (QED) is 0.918. The molecule has 0 saturated heterocycles. The Morgan fingerprint density at radius 1 is 1.42 bits per heavy atom. The number of hydrogen-bond donors (Lipinski definition) is 1. The van der Waals surface area contributed by atoms with Gasteiger partial charge in [-0.25, -0.2) is 0 Å². The summed E-state index contributed by atoms with van der Waals surface area (Å²) in [5, 5.41) is 13.6. The van der Waals surface area contributed by atoms with Gasteiger partial charge in [-0.15, -0.1) is 0 Å². The largest absolute Gasteiger partial charge is 0.508 e. The Balaban J connectivity index is 2.43. The fourth-order valence-electron chi connectivity index (χ4n) is 2.03. The number of nitrogens with zero attached hydrogens (tertiary/aromatic N) is 3. The zero-order valence-electron chi connectivity index (χ0n) is 11.3. The average Bonchev–Trinajstić information content (AvgIpc) is 2.80. The van der Waals surface area contributed by atoms with E-state index in [1.165, 1.54) is 0 Å². The molecular formula is C14H17N3O2. The number of phenolic OH excluding ortho intramolecular Hbond substituents is 1. The van der Waals surface area contributed by atoms with Crippen LogP contribution in [-0.4, -0.2) is 27.3 Å². The second-order valence-corrected chi connectivity index (χ2v) is 4.36. The van der Waals surface area contributed by atoms with Crippen LogP contribution in [0.1, 0.15) is 23.0 Å². The van der Waals surface area contributed by atoms with Gasteiger partial charge in [-0.1, -0.05) is 6.07 Å². The predicted molar refractivity (Wildman–Crippen MR) is 73.4 cm³/mol. The van der Waals surface area contributed by atoms with Crippen molar-refractivity contribution in [1.29, 1.82) is 0 Å². The number of rotatable bonds is 3. The molecule has 19 heavy (non-hydrogen) atoms. The molecule has 1 heterocycles. The van der Waals surface area contributed by atoms with Crippen molar-refractivity contribution >= 4 is 11.6 Å². The second-order valence-electron chi connectivity index (χ2n) is 4.36. The molecular weight excluding hydrogens is 242 g/mol. The first-order valence-electron chi connectivity index (χ1n) is 6.14. The fraction of sp³-hybridized carbons (Fsp3) is 0.286. The first-order chi connectivity index (χ1) is 9.04. The van der Waals surface area contributed by atoms with Gasteiger partial charge in [-0.05, 0) is 31.5 Å². The minimum absolute atomic E-state index is 0.129. The Morgan fingerprint density at radius 3 is 2.74 bits per heavy atom. The fourth-order valence-corrected chi connectivity index (χ4v) is 2.03. The van der Waals surface area contributed by atoms with Crippen LogP contribution in [0.5, 0.6) is 5.75 Å². The number of anilines is 1. The lowest BCUT2D eigenvalue weighted by Crippen LogP contribution is -2.32. The van der Waals surface area contributed by atoms with Crippen LogP contribution in [0.3, 0.4) is 0 Å². The number of phenols is 1. The van der Waals surface area contributed by atoms with E-state index in [1.54, 1.807) is 47.1 Å². The summed E-state index contributed by atoms with van der Waals surface area (Å²) in [6.45, 7) is 4.33. The summed E-state index contributed by atoms with van der Waals surface area (Å²) in [6.07, 6.45) is 1.59. The number of carbonyl (C=O) groups excluding carboxylic acids is 1. The number of aryl methyl sites for hydroxylation is 2. The molecule has 0 saturated carbocycles. The highest BCUT2D eigenvalue weighted by Crippen LogP contribution is 2.26. The van der Waals surface area contributed by atoms with Gasteiger partial charge in [0.2, 0.25) is 0 Å². The van der Waals surface area contributed by atoms with Crippen molar-refractivity contribution in [1.82, 2.24) is 9.78 Å². The van der Waals surface area contributed by atoms with E-state index < -0.39 is 0 Å². The minimum atomic E-state index is -0.129. The summed E-state index contributed by atoms with van der Waals surface area (Å²) >= 11 is 0. The van der Waals surface area contributed by atoms with Crippen LogP contribution in [0.2, 0.25) is 0 Å². The first-order valence-corrected chi connectivity index (χ1v) is 6.14. The van der Waals surface area contributed by atoms with Crippen molar-refractivity contribution in [3.05, 3.63) is 41.7 Å². The Morgan fingerprint density at radius 2 is 2.16 bits per heavy atom. The number of benzene rings is 1. The van der Waals surface area contributed by atoms with Crippen LogP contribution in [0.15, 0.2) is 30.5 Å². The van der Waals surface area contributed by atoms with Crippen molar-refractivity contribution in [2.75, 3.05) is 11.4 Å². The van der Waals surface area contributed by atoms with Gasteiger partial charge in [-0.2, -0.15) is 5.10 Å². The van der Waals surface area contributed by atoms with Gasteiger partial charge in [0.05, 0.1) is 5.69 Å². The van der Waals surface area contributed by atoms with Crippen LogP contribution in [0, 0.1) is 6.92 Å². The summed E-state index contributed by atoms with van der Waals surface area (Å²) in [4.78, 5) is 14.1. The van der Waals surface area contributed by atoms with Gasteiger partial charge in [0, 0.05) is 25.9 Å². The summed E-state index contributed by atoms with van der Waals surface area (Å²) in [5.74, 6) is 0.0213. The highest BCUT2D eigenvalue weighted by molar-refractivity contribution is 6.05. The molecule has 5 nitrogen and oxygen atoms in total. The molecule has 1 aromatic carbocycles. The van der Waals surface area contributed by atoms with Crippen LogP contribution >= 0.6 is 0 Å². The Hall–Kier alpha value is -2.30. The van der Waals surface area contributed by atoms with Gasteiger partial charge in [0.15, 0.2) is 0 Å². The molecule has 1 aromatic heterocycles. The molecule has 0 atom stereocenters. The zero-order chi connectivity index (χ0) is 14.0. The number of carbonyl (C=O) groups is 1. The van der Waals surface area contributed by atoms with Crippen molar-refractivity contribution in [2.24, 2.45) is 7.05 Å². The van der Waals surface area contributed by atoms with Crippen LogP contribution < -0.4 is 4.90 Å². The molecule has 1 N–H and O–H groups in total. The Kier molecular flexibility index (Phi) is 3.55. The molecule has 0 fully saturated rings. The summed E-state index contributed by atoms with van der Waals surface area (Å²) in [5.41, 5.74) is 2.17. The summed E-state index contributed by atoms with van der Waals surface area (Å²) < 4.78 is 1.54. The number of amides is 1. The lowest BCUT2D eigenvalue weighted by molar-refractivity contribution is 0.0979. The van der Waals surface area contributed by atoms with Crippen LogP contribution in [0.4, 0.5) is 5.69 Å². The van der Waals surface area contributed by atoms with Gasteiger partial charge in [0.25, 0.3) is 5.91 Å². The monoisotopic (exact) mass is 259 g/mol. The van der Waals surface area contributed by atoms with E-state index in [4.69, 9.17) is 0 Å². The lowest BCUT2D eigenvalue weighted by Gasteiger charge is -2.23. The standard InChI is InChI=1S/C14H17N3O2/c1-4-17(13-9-11(18)6-5-10(13)2)14(19)12-7-8-15-16(12)3/h5-9,18H,4H2,1-3H3. The van der Waals surface area contributed by atoms with Crippen molar-refractivity contribution in [3.8, 4) is 5.75 Å². The highest BCUT2D eigenvalue weighted by Gasteiger charge is 2.20.